The maximum Gasteiger partial charge on any atom is 0.0929 e. The van der Waals surface area contributed by atoms with Gasteiger partial charge >= 0.3 is 0 Å². The molecule has 1 rings (SSSR count). The maximum atomic E-state index is 4.18. The van der Waals surface area contributed by atoms with E-state index in [0.29, 0.717) is 5.92 Å². The summed E-state index contributed by atoms with van der Waals surface area (Å²) in [5.74, 6) is 0.483. The summed E-state index contributed by atoms with van der Waals surface area (Å²) in [6.45, 7) is 7.89. The zero-order valence-corrected chi connectivity index (χ0v) is 7.54. The summed E-state index contributed by atoms with van der Waals surface area (Å²) in [5, 5.41) is 0. The second-order valence-electron chi connectivity index (χ2n) is 2.95. The van der Waals surface area contributed by atoms with E-state index in [0.717, 1.165) is 5.69 Å². The van der Waals surface area contributed by atoms with Crippen LogP contribution in [-0.2, 0) is 0 Å². The van der Waals surface area contributed by atoms with Crippen LogP contribution in [0.1, 0.15) is 31.2 Å². The summed E-state index contributed by atoms with van der Waals surface area (Å²) in [4.78, 5) is 7.30. The molecular formula is C10H14N2. The molecule has 12 heavy (non-hydrogen) atoms. The van der Waals surface area contributed by atoms with E-state index < -0.39 is 0 Å². The smallest absolute Gasteiger partial charge is 0.0929 e. The molecule has 0 amide bonds. The minimum atomic E-state index is 0.483. The monoisotopic (exact) mass is 162 g/mol. The zero-order valence-electron chi connectivity index (χ0n) is 7.54. The van der Waals surface area contributed by atoms with Crippen LogP contribution in [0.5, 0.6) is 0 Å². The number of H-pyrrole nitrogens is 1. The van der Waals surface area contributed by atoms with Crippen molar-refractivity contribution >= 4 is 6.08 Å². The number of hydrogen-bond acceptors (Lipinski definition) is 1. The van der Waals surface area contributed by atoms with Crippen molar-refractivity contribution in [3.8, 4) is 0 Å². The van der Waals surface area contributed by atoms with E-state index in [9.17, 15) is 0 Å². The average molecular weight is 162 g/mol. The Balaban J connectivity index is 2.91. The van der Waals surface area contributed by atoms with Crippen LogP contribution >= 0.6 is 0 Å². The molecule has 0 aliphatic carbocycles. The molecule has 1 heterocycles. The van der Waals surface area contributed by atoms with Gasteiger partial charge in [0.25, 0.3) is 0 Å². The molecule has 0 radical (unpaired) electrons. The maximum absolute atomic E-state index is 4.18. The molecular weight excluding hydrogens is 148 g/mol. The fourth-order valence-corrected chi connectivity index (χ4v) is 1.07. The average Bonchev–Trinajstić information content (AvgIpc) is 2.48. The highest BCUT2D eigenvalue weighted by Crippen LogP contribution is 2.15. The highest BCUT2D eigenvalue weighted by molar-refractivity contribution is 5.49. The van der Waals surface area contributed by atoms with E-state index in [1.54, 1.807) is 12.4 Å². The van der Waals surface area contributed by atoms with E-state index in [1.165, 1.54) is 5.69 Å². The number of aromatic amines is 1. The van der Waals surface area contributed by atoms with Crippen molar-refractivity contribution in [2.45, 2.75) is 19.8 Å². The Morgan fingerprint density at radius 1 is 1.58 bits per heavy atom. The van der Waals surface area contributed by atoms with Gasteiger partial charge in [-0.15, -0.1) is 0 Å². The van der Waals surface area contributed by atoms with Gasteiger partial charge in [-0.3, -0.25) is 0 Å². The van der Waals surface area contributed by atoms with E-state index in [4.69, 9.17) is 0 Å². The molecule has 0 aromatic carbocycles. The van der Waals surface area contributed by atoms with E-state index >= 15 is 0 Å². The molecule has 1 aromatic rings. The van der Waals surface area contributed by atoms with Gasteiger partial charge < -0.3 is 4.98 Å². The Bertz CT molecular complexity index is 282. The van der Waals surface area contributed by atoms with Crippen LogP contribution in [0.4, 0.5) is 0 Å². The summed E-state index contributed by atoms with van der Waals surface area (Å²) >= 11 is 0. The number of rotatable bonds is 3. The largest absolute Gasteiger partial charge is 0.348 e. The van der Waals surface area contributed by atoms with Crippen LogP contribution in [0, 0.1) is 0 Å². The summed E-state index contributed by atoms with van der Waals surface area (Å²) in [6, 6.07) is 0. The van der Waals surface area contributed by atoms with E-state index in [2.05, 4.69) is 30.4 Å². The van der Waals surface area contributed by atoms with Crippen LogP contribution in [-0.4, -0.2) is 9.97 Å². The van der Waals surface area contributed by atoms with Gasteiger partial charge in [0.1, 0.15) is 0 Å². The highest BCUT2D eigenvalue weighted by atomic mass is 14.9. The molecule has 2 heteroatoms. The second-order valence-corrected chi connectivity index (χ2v) is 2.95. The first-order valence-electron chi connectivity index (χ1n) is 4.08. The van der Waals surface area contributed by atoms with Gasteiger partial charge in [0.15, 0.2) is 0 Å². The number of hydrogen-bond donors (Lipinski definition) is 1. The van der Waals surface area contributed by atoms with Crippen LogP contribution < -0.4 is 0 Å². The molecule has 0 atom stereocenters. The summed E-state index contributed by atoms with van der Waals surface area (Å²) < 4.78 is 0. The predicted octanol–water partition coefficient (Wildman–Crippen LogP) is 2.73. The predicted molar refractivity (Wildman–Crippen MR) is 51.9 cm³/mol. The first-order valence-corrected chi connectivity index (χ1v) is 4.08. The Morgan fingerprint density at radius 2 is 2.33 bits per heavy atom. The highest BCUT2D eigenvalue weighted by Gasteiger charge is 2.05. The van der Waals surface area contributed by atoms with Gasteiger partial charge in [-0.1, -0.05) is 32.6 Å². The topological polar surface area (TPSA) is 28.7 Å². The minimum Gasteiger partial charge on any atom is -0.348 e. The third-order valence-electron chi connectivity index (χ3n) is 1.67. The van der Waals surface area contributed by atoms with E-state index in [1.807, 2.05) is 12.2 Å². The zero-order chi connectivity index (χ0) is 8.97. The quantitative estimate of drug-likeness (QED) is 0.680. The van der Waals surface area contributed by atoms with Crippen molar-refractivity contribution in [2.24, 2.45) is 0 Å². The number of nitrogens with one attached hydrogen (secondary N) is 1. The minimum absolute atomic E-state index is 0.483. The number of nitrogens with zero attached hydrogens (tertiary/aromatic N) is 1. The third-order valence-corrected chi connectivity index (χ3v) is 1.67. The van der Waals surface area contributed by atoms with Crippen molar-refractivity contribution in [2.75, 3.05) is 0 Å². The van der Waals surface area contributed by atoms with Crippen LogP contribution in [0.15, 0.2) is 25.1 Å². The lowest BCUT2D eigenvalue weighted by Crippen LogP contribution is -1.89. The van der Waals surface area contributed by atoms with Crippen LogP contribution in [0.25, 0.3) is 6.08 Å². The third kappa shape index (κ3) is 1.84. The standard InChI is InChI=1S/C10H14N2/c1-4-5-6-9-10(8(2)3)12-7-11-9/h4-8H,1H2,2-3H3,(H,11,12)/b6-5-. The molecule has 1 aromatic heterocycles. The molecule has 0 saturated carbocycles. The van der Waals surface area contributed by atoms with Crippen molar-refractivity contribution < 1.29 is 0 Å². The Kier molecular flexibility index (Phi) is 2.86. The summed E-state index contributed by atoms with van der Waals surface area (Å²) in [7, 11) is 0. The van der Waals surface area contributed by atoms with Gasteiger partial charge in [-0.2, -0.15) is 0 Å². The lowest BCUT2D eigenvalue weighted by atomic mass is 10.1. The normalized spacial score (nSPS) is 11.2. The summed E-state index contributed by atoms with van der Waals surface area (Å²) in [5.41, 5.74) is 2.18. The number of allylic oxidation sites excluding steroid dienone is 2. The number of imidazole rings is 1. The molecule has 0 fully saturated rings. The SMILES string of the molecule is C=C/C=C\c1nc[nH]c1C(C)C. The van der Waals surface area contributed by atoms with Gasteiger partial charge in [-0.25, -0.2) is 4.98 Å². The molecule has 1 N–H and O–H groups in total. The molecule has 2 nitrogen and oxygen atoms in total. The van der Waals surface area contributed by atoms with Crippen LogP contribution in [0.2, 0.25) is 0 Å². The summed E-state index contributed by atoms with van der Waals surface area (Å²) in [6.07, 6.45) is 7.32. The molecule has 0 unspecified atom stereocenters. The number of aromatic nitrogens is 2. The molecule has 64 valence electrons. The molecule has 0 bridgehead atoms. The van der Waals surface area contributed by atoms with Gasteiger partial charge in [-0.05, 0) is 12.0 Å². The van der Waals surface area contributed by atoms with Crippen LogP contribution in [0.3, 0.4) is 0 Å². The van der Waals surface area contributed by atoms with Gasteiger partial charge in [0.05, 0.1) is 12.0 Å². The fourth-order valence-electron chi connectivity index (χ4n) is 1.07. The lowest BCUT2D eigenvalue weighted by Gasteiger charge is -2.01. The van der Waals surface area contributed by atoms with E-state index in [-0.39, 0.29) is 0 Å². The second kappa shape index (κ2) is 3.90. The Morgan fingerprint density at radius 3 is 2.92 bits per heavy atom. The first kappa shape index (κ1) is 8.78. The van der Waals surface area contributed by atoms with Crippen molar-refractivity contribution in [3.05, 3.63) is 36.4 Å². The lowest BCUT2D eigenvalue weighted by molar-refractivity contribution is 0.830. The fraction of sp³-hybridized carbons (Fsp3) is 0.300. The Hall–Kier alpha value is -1.31. The van der Waals surface area contributed by atoms with Crippen molar-refractivity contribution in [1.82, 2.24) is 9.97 Å². The van der Waals surface area contributed by atoms with Gasteiger partial charge in [0.2, 0.25) is 0 Å². The van der Waals surface area contributed by atoms with Gasteiger partial charge in [0, 0.05) is 5.69 Å². The first-order chi connectivity index (χ1) is 5.75. The molecule has 0 aliphatic heterocycles. The molecule has 0 aliphatic rings. The van der Waals surface area contributed by atoms with Crippen molar-refractivity contribution in [3.63, 3.8) is 0 Å². The molecule has 0 spiro atoms. The Labute approximate surface area is 73.0 Å². The van der Waals surface area contributed by atoms with Crippen molar-refractivity contribution in [1.29, 1.82) is 0 Å². The molecule has 0 saturated heterocycles.